The van der Waals surface area contributed by atoms with Gasteiger partial charge in [0.05, 0.1) is 16.8 Å². The number of para-hydroxylation sites is 3. The number of hydrogen-bond acceptors (Lipinski definition) is 5. The lowest BCUT2D eigenvalue weighted by Gasteiger charge is -2.51. The van der Waals surface area contributed by atoms with Gasteiger partial charge in [-0.2, -0.15) is 0 Å². The van der Waals surface area contributed by atoms with Crippen LogP contribution in [0.15, 0.2) is 180 Å². The van der Waals surface area contributed by atoms with E-state index in [1.165, 1.54) is 151 Å². The maximum atomic E-state index is 7.09. The largest absolute Gasteiger partial charge is 0.454 e. The smallest absolute Gasteiger partial charge is 0.252 e. The fourth-order valence-electron chi connectivity index (χ4n) is 18.0. The number of rotatable bonds is 4. The van der Waals surface area contributed by atoms with Crippen molar-refractivity contribution in [2.75, 3.05) is 19.6 Å². The Kier molecular flexibility index (Phi) is 10.2. The molecule has 9 aromatic carbocycles. The van der Waals surface area contributed by atoms with Gasteiger partial charge in [0.15, 0.2) is 5.58 Å². The van der Waals surface area contributed by atoms with Gasteiger partial charge in [-0.15, -0.1) is 0 Å². The number of nitrogens with zero attached hydrogens (tertiary/aromatic N) is 4. The average Bonchev–Trinajstić information content (AvgIpc) is 2.59. The third-order valence-corrected chi connectivity index (χ3v) is 22.6. The summed E-state index contributed by atoms with van der Waals surface area (Å²) in [7, 11) is 0. The van der Waals surface area contributed by atoms with Crippen molar-refractivity contribution >= 4 is 102 Å². The van der Waals surface area contributed by atoms with Crippen molar-refractivity contribution in [2.45, 2.75) is 147 Å². The second-order valence-electron chi connectivity index (χ2n) is 27.9. The van der Waals surface area contributed by atoms with E-state index in [4.69, 9.17) is 4.42 Å². The molecule has 0 saturated heterocycles. The first-order valence-corrected chi connectivity index (χ1v) is 31.2. The van der Waals surface area contributed by atoms with Crippen molar-refractivity contribution in [3.63, 3.8) is 0 Å². The molecular weight excluding hydrogens is 1010 g/mol. The first kappa shape index (κ1) is 49.6. The van der Waals surface area contributed by atoms with Crippen LogP contribution in [0.5, 0.6) is 0 Å². The second kappa shape index (κ2) is 17.1. The Bertz CT molecular complexity index is 4430. The van der Waals surface area contributed by atoms with E-state index in [0.717, 1.165) is 53.3 Å². The van der Waals surface area contributed by atoms with Crippen LogP contribution in [0.3, 0.4) is 0 Å². The molecule has 3 aliphatic carbocycles. The molecule has 7 aliphatic rings. The van der Waals surface area contributed by atoms with Crippen LogP contribution < -0.4 is 36.0 Å². The van der Waals surface area contributed by atoms with Gasteiger partial charge in [0.1, 0.15) is 5.58 Å². The maximum absolute atomic E-state index is 7.09. The number of furan rings is 1. The van der Waals surface area contributed by atoms with Gasteiger partial charge in [-0.05, 0) is 198 Å². The molecule has 17 rings (SSSR count). The van der Waals surface area contributed by atoms with Gasteiger partial charge < -0.3 is 24.0 Å². The zero-order chi connectivity index (χ0) is 56.1. The third kappa shape index (κ3) is 6.56. The highest BCUT2D eigenvalue weighted by molar-refractivity contribution is 7.00. The van der Waals surface area contributed by atoms with E-state index in [-0.39, 0.29) is 34.0 Å². The Morgan fingerprint density at radius 3 is 1.76 bits per heavy atom. The molecule has 5 nitrogen and oxygen atoms in total. The Balaban J connectivity index is 0.941. The minimum Gasteiger partial charge on any atom is -0.454 e. The van der Waals surface area contributed by atoms with Crippen LogP contribution in [0.4, 0.5) is 56.9 Å². The van der Waals surface area contributed by atoms with E-state index in [2.05, 4.69) is 251 Å². The van der Waals surface area contributed by atoms with Crippen molar-refractivity contribution < 1.29 is 4.42 Å². The second-order valence-corrected chi connectivity index (χ2v) is 27.9. The molecule has 4 aliphatic heterocycles. The molecule has 4 atom stereocenters. The molecule has 0 radical (unpaired) electrons. The number of fused-ring (bicyclic) bond motifs is 16. The minimum absolute atomic E-state index is 0.00388. The highest BCUT2D eigenvalue weighted by atomic mass is 16.3. The maximum Gasteiger partial charge on any atom is 0.252 e. The summed E-state index contributed by atoms with van der Waals surface area (Å²) in [5, 5.41) is 2.27. The van der Waals surface area contributed by atoms with E-state index in [9.17, 15) is 0 Å². The van der Waals surface area contributed by atoms with E-state index in [1.54, 1.807) is 0 Å². The van der Waals surface area contributed by atoms with E-state index in [0.29, 0.717) is 0 Å². The summed E-state index contributed by atoms with van der Waals surface area (Å²) in [4.78, 5) is 10.8. The highest BCUT2D eigenvalue weighted by Crippen LogP contribution is 2.63. The van der Waals surface area contributed by atoms with E-state index in [1.807, 2.05) is 0 Å². The molecule has 2 fully saturated rings. The zero-order valence-electron chi connectivity index (χ0n) is 49.6. The Hall–Kier alpha value is -7.96. The van der Waals surface area contributed by atoms with Crippen molar-refractivity contribution in [1.82, 2.24) is 0 Å². The zero-order valence-corrected chi connectivity index (χ0v) is 49.6. The van der Waals surface area contributed by atoms with E-state index >= 15 is 0 Å². The normalized spacial score (nSPS) is 23.5. The molecule has 0 amide bonds. The number of aryl methyl sites for hydroxylation is 3. The van der Waals surface area contributed by atoms with Crippen LogP contribution in [0.25, 0.3) is 33.1 Å². The van der Waals surface area contributed by atoms with Gasteiger partial charge >= 0.3 is 0 Å². The summed E-state index contributed by atoms with van der Waals surface area (Å²) in [5.74, 6) is 0. The van der Waals surface area contributed by atoms with E-state index < -0.39 is 0 Å². The van der Waals surface area contributed by atoms with Crippen LogP contribution in [0.2, 0.25) is 0 Å². The summed E-state index contributed by atoms with van der Waals surface area (Å²) in [6, 6.07) is 68.9. The Labute approximate surface area is 490 Å². The lowest BCUT2D eigenvalue weighted by atomic mass is 9.33. The first-order valence-electron chi connectivity index (χ1n) is 31.2. The third-order valence-electron chi connectivity index (χ3n) is 22.6. The van der Waals surface area contributed by atoms with Crippen LogP contribution >= 0.6 is 0 Å². The SMILES string of the molecule is Cc1cc2c3c(c1)N(c1cccc4c1oc1ccccc14)c1cc(N4c5ccccc5C5(C)CCCCC45C)ccc1B3c1ccc(N3c4ccc(C(C)(C)C)cc4C4(C)CCCCC34C)cc1N2c1ccc2c(c1)-c1ccccc1CC2. The van der Waals surface area contributed by atoms with Gasteiger partial charge in [0.2, 0.25) is 0 Å². The van der Waals surface area contributed by atoms with Gasteiger partial charge in [-0.25, -0.2) is 0 Å². The first-order chi connectivity index (χ1) is 40.2. The predicted octanol–water partition coefficient (Wildman–Crippen LogP) is 18.5. The fourth-order valence-corrected chi connectivity index (χ4v) is 18.0. The molecule has 4 unspecified atom stereocenters. The molecule has 410 valence electrons. The molecule has 6 heteroatoms. The summed E-state index contributed by atoms with van der Waals surface area (Å²) >= 11 is 0. The molecule has 10 aromatic rings. The monoisotopic (exact) mass is 1080 g/mol. The standard InChI is InChI=1S/C77H73BN4O/c1-48-42-68-71-69(43-48)80(65-26-19-23-57-56-22-11-14-27-70(56)83-72(57)65)67-47-54(81-63-25-13-12-24-59(63)74(5)38-15-17-40-76(74,81)7)34-36-62(67)78(71)61-35-33-53(46-66(61)79(68)52-32-30-50-29-28-49-20-9-10-21-55(49)58(50)45-52)82-64-37-31-51(73(2,3)4)44-60(64)75(6)39-16-18-41-77(75,82)8/h9-14,19-27,30-37,42-47H,15-18,28-29,38-41H2,1-8H3. The lowest BCUT2D eigenvalue weighted by Crippen LogP contribution is -2.61. The topological polar surface area (TPSA) is 26.1 Å². The molecule has 2 saturated carbocycles. The lowest BCUT2D eigenvalue weighted by molar-refractivity contribution is 0.195. The Morgan fingerprint density at radius 1 is 0.446 bits per heavy atom. The van der Waals surface area contributed by atoms with Gasteiger partial charge in [0, 0.05) is 72.8 Å². The summed E-state index contributed by atoms with van der Waals surface area (Å²) in [6.45, 7) is 19.7. The summed E-state index contributed by atoms with van der Waals surface area (Å²) < 4.78 is 7.09. The molecule has 1 aromatic heterocycles. The average molecular weight is 1080 g/mol. The molecule has 5 heterocycles. The Morgan fingerprint density at radius 2 is 1.02 bits per heavy atom. The molecule has 83 heavy (non-hydrogen) atoms. The van der Waals surface area contributed by atoms with Crippen molar-refractivity contribution in [3.8, 4) is 11.1 Å². The van der Waals surface area contributed by atoms with Crippen LogP contribution in [-0.2, 0) is 29.1 Å². The van der Waals surface area contributed by atoms with Crippen molar-refractivity contribution in [3.05, 3.63) is 209 Å². The molecule has 0 bridgehead atoms. The van der Waals surface area contributed by atoms with Crippen LogP contribution in [0, 0.1) is 6.92 Å². The molecular formula is C77H73BN4O. The highest BCUT2D eigenvalue weighted by Gasteiger charge is 2.60. The summed E-state index contributed by atoms with van der Waals surface area (Å²) in [6.07, 6.45) is 11.7. The van der Waals surface area contributed by atoms with Crippen molar-refractivity contribution in [1.29, 1.82) is 0 Å². The molecule has 0 spiro atoms. The number of benzene rings is 9. The van der Waals surface area contributed by atoms with Crippen molar-refractivity contribution in [2.24, 2.45) is 0 Å². The van der Waals surface area contributed by atoms with Crippen LogP contribution in [0.1, 0.15) is 133 Å². The van der Waals surface area contributed by atoms with Gasteiger partial charge in [-0.3, -0.25) is 0 Å². The summed E-state index contributed by atoms with van der Waals surface area (Å²) in [5.41, 5.74) is 29.2. The number of hydrogen-bond donors (Lipinski definition) is 0. The quantitative estimate of drug-likeness (QED) is 0.164. The minimum atomic E-state index is -0.111. The van der Waals surface area contributed by atoms with Gasteiger partial charge in [-0.1, -0.05) is 163 Å². The molecule has 0 N–H and O–H groups in total. The number of anilines is 10. The van der Waals surface area contributed by atoms with Gasteiger partial charge in [0.25, 0.3) is 6.71 Å². The fraction of sp³-hybridized carbons (Fsp3) is 0.299. The van der Waals surface area contributed by atoms with Crippen LogP contribution in [-0.4, -0.2) is 17.8 Å². The predicted molar refractivity (Wildman–Crippen MR) is 350 cm³/mol.